The highest BCUT2D eigenvalue weighted by molar-refractivity contribution is 9.10. The van der Waals surface area contributed by atoms with Crippen LogP contribution in [0.4, 0.5) is 4.39 Å². The molecule has 0 bridgehead atoms. The third-order valence-corrected chi connectivity index (χ3v) is 4.24. The monoisotopic (exact) mass is 329 g/mol. The molecule has 0 amide bonds. The van der Waals surface area contributed by atoms with Crippen molar-refractivity contribution in [2.75, 3.05) is 13.7 Å². The van der Waals surface area contributed by atoms with Crippen molar-refractivity contribution in [3.8, 4) is 0 Å². The number of hydrogen-bond donors (Lipinski definition) is 0. The van der Waals surface area contributed by atoms with Crippen molar-refractivity contribution in [2.24, 2.45) is 0 Å². The Kier molecular flexibility index (Phi) is 4.93. The second-order valence-corrected chi connectivity index (χ2v) is 5.60. The zero-order chi connectivity index (χ0) is 13.8. The van der Waals surface area contributed by atoms with Crippen molar-refractivity contribution in [1.29, 1.82) is 0 Å². The maximum atomic E-state index is 13.3. The highest BCUT2D eigenvalue weighted by Gasteiger charge is 2.29. The van der Waals surface area contributed by atoms with Gasteiger partial charge in [0.25, 0.3) is 0 Å². The Labute approximate surface area is 120 Å². The lowest BCUT2D eigenvalue weighted by molar-refractivity contribution is -0.148. The van der Waals surface area contributed by atoms with E-state index < -0.39 is 0 Å². The molecule has 1 aromatic carbocycles. The topological polar surface area (TPSA) is 29.5 Å². The minimum atomic E-state index is -0.259. The SMILES string of the molecule is COC(=O)[C@H]1CCCCN1Cc1cc(F)ccc1Br. The molecule has 0 spiro atoms. The van der Waals surface area contributed by atoms with Crippen LogP contribution in [0.3, 0.4) is 0 Å². The van der Waals surface area contributed by atoms with Crippen molar-refractivity contribution >= 4 is 21.9 Å². The fourth-order valence-corrected chi connectivity index (χ4v) is 2.84. The number of esters is 1. The summed E-state index contributed by atoms with van der Waals surface area (Å²) in [5, 5.41) is 0. The van der Waals surface area contributed by atoms with Crippen LogP contribution in [-0.4, -0.2) is 30.6 Å². The lowest BCUT2D eigenvalue weighted by atomic mass is 10.0. The lowest BCUT2D eigenvalue weighted by Gasteiger charge is -2.33. The number of benzene rings is 1. The predicted molar refractivity (Wildman–Crippen MR) is 74.2 cm³/mol. The smallest absolute Gasteiger partial charge is 0.323 e. The van der Waals surface area contributed by atoms with Gasteiger partial charge < -0.3 is 4.74 Å². The summed E-state index contributed by atoms with van der Waals surface area (Å²) in [6.45, 7) is 1.39. The standard InChI is InChI=1S/C14H17BrFNO2/c1-19-14(18)13-4-2-3-7-17(13)9-10-8-11(16)5-6-12(10)15/h5-6,8,13H,2-4,7,9H2,1H3/t13-/m1/s1. The molecule has 3 nitrogen and oxygen atoms in total. The van der Waals surface area contributed by atoms with Crippen LogP contribution in [0, 0.1) is 5.82 Å². The van der Waals surface area contributed by atoms with E-state index in [2.05, 4.69) is 20.8 Å². The van der Waals surface area contributed by atoms with Crippen molar-refractivity contribution in [3.05, 3.63) is 34.1 Å². The quantitative estimate of drug-likeness (QED) is 0.798. The van der Waals surface area contributed by atoms with E-state index in [0.29, 0.717) is 6.54 Å². The van der Waals surface area contributed by atoms with E-state index in [0.717, 1.165) is 35.8 Å². The number of methoxy groups -OCH3 is 1. The first-order valence-corrected chi connectivity index (χ1v) is 7.17. The Hall–Kier alpha value is -0.940. The molecular formula is C14H17BrFNO2. The number of piperidine rings is 1. The Morgan fingerprint density at radius 3 is 3.05 bits per heavy atom. The first-order chi connectivity index (χ1) is 9.11. The minimum Gasteiger partial charge on any atom is -0.468 e. The fourth-order valence-electron chi connectivity index (χ4n) is 2.47. The zero-order valence-electron chi connectivity index (χ0n) is 10.9. The van der Waals surface area contributed by atoms with Gasteiger partial charge in [0, 0.05) is 11.0 Å². The molecule has 104 valence electrons. The predicted octanol–water partition coefficient (Wildman–Crippen LogP) is 3.12. The van der Waals surface area contributed by atoms with Gasteiger partial charge in [-0.1, -0.05) is 22.4 Å². The van der Waals surface area contributed by atoms with E-state index >= 15 is 0 Å². The van der Waals surface area contributed by atoms with Crippen LogP contribution < -0.4 is 0 Å². The van der Waals surface area contributed by atoms with Gasteiger partial charge in [-0.3, -0.25) is 9.69 Å². The summed E-state index contributed by atoms with van der Waals surface area (Å²) in [5.74, 6) is -0.461. The molecule has 1 fully saturated rings. The number of carbonyl (C=O) groups is 1. The Morgan fingerprint density at radius 2 is 2.32 bits per heavy atom. The van der Waals surface area contributed by atoms with Crippen LogP contribution >= 0.6 is 15.9 Å². The molecule has 0 saturated carbocycles. The van der Waals surface area contributed by atoms with Gasteiger partial charge >= 0.3 is 5.97 Å². The third-order valence-electron chi connectivity index (χ3n) is 3.47. The summed E-state index contributed by atoms with van der Waals surface area (Å²) >= 11 is 3.42. The number of ether oxygens (including phenoxy) is 1. The summed E-state index contributed by atoms with van der Waals surface area (Å²) in [6.07, 6.45) is 2.89. The highest BCUT2D eigenvalue weighted by atomic mass is 79.9. The second-order valence-electron chi connectivity index (χ2n) is 4.74. The van der Waals surface area contributed by atoms with Crippen LogP contribution in [0.15, 0.2) is 22.7 Å². The van der Waals surface area contributed by atoms with Crippen LogP contribution in [0.25, 0.3) is 0 Å². The second kappa shape index (κ2) is 6.48. The van der Waals surface area contributed by atoms with Crippen LogP contribution in [0.5, 0.6) is 0 Å². The van der Waals surface area contributed by atoms with E-state index in [1.807, 2.05) is 0 Å². The molecule has 1 heterocycles. The summed E-state index contributed by atoms with van der Waals surface area (Å²) in [7, 11) is 1.41. The van der Waals surface area contributed by atoms with E-state index in [4.69, 9.17) is 4.74 Å². The molecule has 5 heteroatoms. The Balaban J connectivity index is 2.15. The van der Waals surface area contributed by atoms with Gasteiger partial charge in [0.05, 0.1) is 7.11 Å². The van der Waals surface area contributed by atoms with E-state index in [1.165, 1.54) is 19.2 Å². The Bertz CT molecular complexity index is 467. The van der Waals surface area contributed by atoms with E-state index in [1.54, 1.807) is 6.07 Å². The largest absolute Gasteiger partial charge is 0.468 e. The molecule has 1 atom stereocenters. The molecule has 1 aliphatic heterocycles. The number of halogens is 2. The van der Waals surface area contributed by atoms with Gasteiger partial charge in [0.2, 0.25) is 0 Å². The molecule has 1 aromatic rings. The molecular weight excluding hydrogens is 313 g/mol. The van der Waals surface area contributed by atoms with E-state index in [9.17, 15) is 9.18 Å². The van der Waals surface area contributed by atoms with Crippen LogP contribution in [0.2, 0.25) is 0 Å². The van der Waals surface area contributed by atoms with Gasteiger partial charge in [-0.15, -0.1) is 0 Å². The van der Waals surface area contributed by atoms with Crippen molar-refractivity contribution < 1.29 is 13.9 Å². The number of nitrogens with zero attached hydrogens (tertiary/aromatic N) is 1. The van der Waals surface area contributed by atoms with Gasteiger partial charge in [0.15, 0.2) is 0 Å². The first kappa shape index (κ1) is 14.5. The van der Waals surface area contributed by atoms with Crippen molar-refractivity contribution in [2.45, 2.75) is 31.8 Å². The summed E-state index contributed by atoms with van der Waals surface area (Å²) < 4.78 is 19.0. The van der Waals surface area contributed by atoms with Crippen molar-refractivity contribution in [1.82, 2.24) is 4.90 Å². The minimum absolute atomic E-state index is 0.202. The average Bonchev–Trinajstić information content (AvgIpc) is 2.42. The first-order valence-electron chi connectivity index (χ1n) is 6.37. The van der Waals surface area contributed by atoms with Crippen LogP contribution in [-0.2, 0) is 16.1 Å². The number of rotatable bonds is 3. The molecule has 1 aliphatic rings. The zero-order valence-corrected chi connectivity index (χ0v) is 12.5. The maximum absolute atomic E-state index is 13.3. The van der Waals surface area contributed by atoms with Gasteiger partial charge in [0.1, 0.15) is 11.9 Å². The molecule has 1 saturated heterocycles. The third kappa shape index (κ3) is 3.54. The molecule has 19 heavy (non-hydrogen) atoms. The molecule has 0 aliphatic carbocycles. The molecule has 2 rings (SSSR count). The van der Waals surface area contributed by atoms with Crippen LogP contribution in [0.1, 0.15) is 24.8 Å². The summed E-state index contributed by atoms with van der Waals surface area (Å²) in [5.41, 5.74) is 0.857. The number of likely N-dealkylation sites (tertiary alicyclic amines) is 1. The highest BCUT2D eigenvalue weighted by Crippen LogP contribution is 2.24. The molecule has 0 radical (unpaired) electrons. The van der Waals surface area contributed by atoms with E-state index in [-0.39, 0.29) is 17.8 Å². The molecule has 0 N–H and O–H groups in total. The lowest BCUT2D eigenvalue weighted by Crippen LogP contribution is -2.44. The fraction of sp³-hybridized carbons (Fsp3) is 0.500. The van der Waals surface area contributed by atoms with Gasteiger partial charge in [-0.2, -0.15) is 0 Å². The molecule has 0 aromatic heterocycles. The average molecular weight is 330 g/mol. The maximum Gasteiger partial charge on any atom is 0.323 e. The molecule has 0 unspecified atom stereocenters. The summed E-state index contributed by atoms with van der Waals surface area (Å²) in [4.78, 5) is 13.8. The van der Waals surface area contributed by atoms with Crippen molar-refractivity contribution in [3.63, 3.8) is 0 Å². The normalized spacial score (nSPS) is 20.3. The van der Waals surface area contributed by atoms with Gasteiger partial charge in [-0.05, 0) is 43.1 Å². The summed E-state index contributed by atoms with van der Waals surface area (Å²) in [6, 6.07) is 4.41. The Morgan fingerprint density at radius 1 is 1.53 bits per heavy atom. The number of carbonyl (C=O) groups excluding carboxylic acids is 1. The number of hydrogen-bond acceptors (Lipinski definition) is 3. The van der Waals surface area contributed by atoms with Gasteiger partial charge in [-0.25, -0.2) is 4.39 Å².